The van der Waals surface area contributed by atoms with Gasteiger partial charge in [-0.1, -0.05) is 47.6 Å². The molecule has 30 heavy (non-hydrogen) atoms. The van der Waals surface area contributed by atoms with Crippen LogP contribution in [0.4, 0.5) is 10.4 Å². The third-order valence-corrected chi connectivity index (χ3v) is 5.23. The lowest BCUT2D eigenvalue weighted by Crippen LogP contribution is -2.31. The van der Waals surface area contributed by atoms with E-state index in [2.05, 4.69) is 20.4 Å². The largest absolute Gasteiger partial charge is 0.406 e. The van der Waals surface area contributed by atoms with Crippen LogP contribution in [0.1, 0.15) is 42.3 Å². The van der Waals surface area contributed by atoms with E-state index in [1.807, 2.05) is 30.3 Å². The Kier molecular flexibility index (Phi) is 6.37. The molecule has 1 amide bonds. The van der Waals surface area contributed by atoms with Gasteiger partial charge in [-0.05, 0) is 42.5 Å². The molecule has 2 aromatic carbocycles. The van der Waals surface area contributed by atoms with Gasteiger partial charge in [-0.2, -0.15) is 0 Å². The van der Waals surface area contributed by atoms with Crippen LogP contribution < -0.4 is 10.2 Å². The molecule has 1 atom stereocenters. The molecule has 0 aliphatic carbocycles. The van der Waals surface area contributed by atoms with Crippen LogP contribution in [0.5, 0.6) is 0 Å². The van der Waals surface area contributed by atoms with Crippen LogP contribution in [0.15, 0.2) is 59.0 Å². The summed E-state index contributed by atoms with van der Waals surface area (Å²) in [6.07, 6.45) is 4.03. The van der Waals surface area contributed by atoms with Crippen molar-refractivity contribution < 1.29 is 13.6 Å². The molecular formula is C23H25FN4O2. The molecular weight excluding hydrogens is 383 g/mol. The second-order valence-electron chi connectivity index (χ2n) is 7.59. The number of nitrogens with zero attached hydrogens (tertiary/aromatic N) is 3. The van der Waals surface area contributed by atoms with Gasteiger partial charge in [0.25, 0.3) is 0 Å². The highest BCUT2D eigenvalue weighted by molar-refractivity contribution is 5.78. The van der Waals surface area contributed by atoms with Crippen molar-refractivity contribution in [3.05, 3.63) is 77.4 Å². The molecule has 156 valence electrons. The van der Waals surface area contributed by atoms with E-state index >= 15 is 0 Å². The van der Waals surface area contributed by atoms with E-state index in [0.29, 0.717) is 23.9 Å². The Bertz CT molecular complexity index is 970. The zero-order valence-corrected chi connectivity index (χ0v) is 16.8. The van der Waals surface area contributed by atoms with Crippen molar-refractivity contribution in [2.45, 2.75) is 38.1 Å². The average Bonchev–Trinajstić information content (AvgIpc) is 3.25. The molecule has 4 rings (SSSR count). The van der Waals surface area contributed by atoms with E-state index in [0.717, 1.165) is 31.5 Å². The summed E-state index contributed by atoms with van der Waals surface area (Å²) in [4.78, 5) is 14.8. The minimum Gasteiger partial charge on any atom is -0.406 e. The highest BCUT2D eigenvalue weighted by atomic mass is 19.1. The van der Waals surface area contributed by atoms with Crippen LogP contribution in [-0.4, -0.2) is 29.2 Å². The van der Waals surface area contributed by atoms with Crippen LogP contribution in [0, 0.1) is 5.82 Å². The van der Waals surface area contributed by atoms with E-state index in [9.17, 15) is 9.18 Å². The van der Waals surface area contributed by atoms with Gasteiger partial charge in [0.15, 0.2) is 0 Å². The molecule has 0 spiro atoms. The molecule has 2 heterocycles. The molecule has 1 aliphatic rings. The second kappa shape index (κ2) is 9.52. The lowest BCUT2D eigenvalue weighted by Gasteiger charge is -2.24. The molecule has 1 aromatic heterocycles. The molecule has 0 saturated carbocycles. The first-order chi connectivity index (χ1) is 14.7. The molecule has 3 aromatic rings. The van der Waals surface area contributed by atoms with E-state index < -0.39 is 6.04 Å². The monoisotopic (exact) mass is 408 g/mol. The maximum Gasteiger partial charge on any atom is 0.318 e. The van der Waals surface area contributed by atoms with Gasteiger partial charge in [-0.3, -0.25) is 4.79 Å². The smallest absolute Gasteiger partial charge is 0.318 e. The molecule has 1 aliphatic heterocycles. The number of amides is 1. The van der Waals surface area contributed by atoms with E-state index in [4.69, 9.17) is 4.42 Å². The number of carbonyl (C=O) groups excluding carboxylic acids is 1. The van der Waals surface area contributed by atoms with Crippen LogP contribution in [0.3, 0.4) is 0 Å². The number of nitrogens with one attached hydrogen (secondary N) is 1. The fourth-order valence-corrected chi connectivity index (χ4v) is 3.71. The molecule has 1 N–H and O–H groups in total. The number of benzene rings is 2. The van der Waals surface area contributed by atoms with Gasteiger partial charge in [0.2, 0.25) is 11.8 Å². The lowest BCUT2D eigenvalue weighted by atomic mass is 10.1. The maximum absolute atomic E-state index is 13.4. The number of anilines is 1. The van der Waals surface area contributed by atoms with Crippen LogP contribution >= 0.6 is 0 Å². The lowest BCUT2D eigenvalue weighted by molar-refractivity contribution is -0.121. The van der Waals surface area contributed by atoms with Gasteiger partial charge in [0, 0.05) is 19.5 Å². The quantitative estimate of drug-likeness (QED) is 0.643. The van der Waals surface area contributed by atoms with Gasteiger partial charge in [0.1, 0.15) is 11.9 Å². The predicted molar refractivity (Wildman–Crippen MR) is 111 cm³/mol. The first kappa shape index (κ1) is 20.1. The van der Waals surface area contributed by atoms with Crippen molar-refractivity contribution in [2.24, 2.45) is 0 Å². The normalized spacial score (nSPS) is 15.0. The molecule has 1 saturated heterocycles. The second-order valence-corrected chi connectivity index (χ2v) is 7.59. The van der Waals surface area contributed by atoms with Crippen LogP contribution in [-0.2, 0) is 17.6 Å². The van der Waals surface area contributed by atoms with Gasteiger partial charge in [-0.15, -0.1) is 5.10 Å². The zero-order chi connectivity index (χ0) is 20.8. The summed E-state index contributed by atoms with van der Waals surface area (Å²) < 4.78 is 19.4. The minimum atomic E-state index is -0.459. The van der Waals surface area contributed by atoms with Crippen LogP contribution in [0.25, 0.3) is 0 Å². The summed E-state index contributed by atoms with van der Waals surface area (Å²) >= 11 is 0. The number of rotatable bonds is 7. The third-order valence-electron chi connectivity index (χ3n) is 5.23. The van der Waals surface area contributed by atoms with Crippen molar-refractivity contribution in [1.29, 1.82) is 0 Å². The summed E-state index contributed by atoms with van der Waals surface area (Å²) in [5.74, 6) is -0.199. The van der Waals surface area contributed by atoms with Crippen LogP contribution in [0.2, 0.25) is 0 Å². The van der Waals surface area contributed by atoms with Crippen molar-refractivity contribution in [1.82, 2.24) is 15.5 Å². The number of carbonyl (C=O) groups is 1. The average molecular weight is 408 g/mol. The Morgan fingerprint density at radius 2 is 1.80 bits per heavy atom. The highest BCUT2D eigenvalue weighted by Crippen LogP contribution is 2.23. The van der Waals surface area contributed by atoms with Crippen molar-refractivity contribution >= 4 is 11.9 Å². The Morgan fingerprint density at radius 3 is 2.57 bits per heavy atom. The summed E-state index contributed by atoms with van der Waals surface area (Å²) in [5, 5.41) is 11.4. The molecule has 1 unspecified atom stereocenters. The molecule has 1 fully saturated rings. The number of piperidine rings is 1. The van der Waals surface area contributed by atoms with Crippen molar-refractivity contribution in [3.63, 3.8) is 0 Å². The summed E-state index contributed by atoms with van der Waals surface area (Å²) in [6.45, 7) is 1.80. The maximum atomic E-state index is 13.4. The third kappa shape index (κ3) is 5.23. The summed E-state index contributed by atoms with van der Waals surface area (Å²) in [7, 11) is 0. The Morgan fingerprint density at radius 1 is 1.03 bits per heavy atom. The standard InChI is InChI=1S/C23H25FN4O2/c24-19-11-7-10-18(14-19)16-21(29)25-20(15-17-8-3-1-4-9-17)22-26-27-23(30-22)28-12-5-2-6-13-28/h1,3-4,7-11,14,20H,2,5-6,12-13,15-16H2,(H,25,29). The molecule has 0 radical (unpaired) electrons. The predicted octanol–water partition coefficient (Wildman–Crippen LogP) is 3.84. The van der Waals surface area contributed by atoms with Crippen molar-refractivity contribution in [2.75, 3.05) is 18.0 Å². The minimum absolute atomic E-state index is 0.0795. The zero-order valence-electron chi connectivity index (χ0n) is 16.8. The number of hydrogen-bond acceptors (Lipinski definition) is 5. The first-order valence-corrected chi connectivity index (χ1v) is 10.3. The number of aromatic nitrogens is 2. The Hall–Kier alpha value is -3.22. The Labute approximate surface area is 175 Å². The van der Waals surface area contributed by atoms with Gasteiger partial charge < -0.3 is 14.6 Å². The fourth-order valence-electron chi connectivity index (χ4n) is 3.71. The van der Waals surface area contributed by atoms with Gasteiger partial charge in [-0.25, -0.2) is 4.39 Å². The van der Waals surface area contributed by atoms with Crippen molar-refractivity contribution in [3.8, 4) is 0 Å². The molecule has 7 heteroatoms. The number of halogens is 1. The summed E-state index contributed by atoms with van der Waals surface area (Å²) in [5.41, 5.74) is 1.66. The summed E-state index contributed by atoms with van der Waals surface area (Å²) in [6, 6.07) is 15.9. The molecule has 0 bridgehead atoms. The fraction of sp³-hybridized carbons (Fsp3) is 0.348. The van der Waals surface area contributed by atoms with E-state index in [1.165, 1.54) is 18.6 Å². The topological polar surface area (TPSA) is 71.3 Å². The van der Waals surface area contributed by atoms with Gasteiger partial charge in [0.05, 0.1) is 6.42 Å². The van der Waals surface area contributed by atoms with Gasteiger partial charge >= 0.3 is 6.01 Å². The molecule has 6 nitrogen and oxygen atoms in total. The SMILES string of the molecule is O=C(Cc1cccc(F)c1)NC(Cc1ccccc1)c1nnc(N2CCCCC2)o1. The number of hydrogen-bond donors (Lipinski definition) is 1. The highest BCUT2D eigenvalue weighted by Gasteiger charge is 2.24. The van der Waals surface area contributed by atoms with E-state index in [1.54, 1.807) is 12.1 Å². The van der Waals surface area contributed by atoms with E-state index in [-0.39, 0.29) is 18.1 Å². The first-order valence-electron chi connectivity index (χ1n) is 10.3. The Balaban J connectivity index is 1.50.